The van der Waals surface area contributed by atoms with E-state index in [2.05, 4.69) is 25.3 Å². The molecule has 0 bridgehead atoms. The molecule has 1 atom stereocenters. The van der Waals surface area contributed by atoms with Crippen LogP contribution in [0.1, 0.15) is 37.3 Å². The average Bonchev–Trinajstić information content (AvgIpc) is 2.97. The molecule has 3 heterocycles. The third kappa shape index (κ3) is 4.02. The second-order valence-corrected chi connectivity index (χ2v) is 6.35. The van der Waals surface area contributed by atoms with Gasteiger partial charge in [-0.25, -0.2) is 4.68 Å². The Kier molecular flexibility index (Phi) is 5.40. The van der Waals surface area contributed by atoms with Crippen LogP contribution in [0.3, 0.4) is 0 Å². The van der Waals surface area contributed by atoms with E-state index in [-0.39, 0.29) is 11.9 Å². The van der Waals surface area contributed by atoms with Crippen molar-refractivity contribution in [3.63, 3.8) is 0 Å². The van der Waals surface area contributed by atoms with Gasteiger partial charge in [-0.3, -0.25) is 20.0 Å². The summed E-state index contributed by atoms with van der Waals surface area (Å²) in [6.45, 7) is 8.55. The molecule has 134 valence electrons. The van der Waals surface area contributed by atoms with Gasteiger partial charge >= 0.3 is 0 Å². The van der Waals surface area contributed by atoms with Crippen LogP contribution in [0, 0.1) is 6.92 Å². The third-order valence-corrected chi connectivity index (χ3v) is 4.19. The van der Waals surface area contributed by atoms with Crippen molar-refractivity contribution in [2.24, 2.45) is 0 Å². The molecular formula is C17H24N6O2. The van der Waals surface area contributed by atoms with Gasteiger partial charge in [0.05, 0.1) is 13.2 Å². The number of morpholine rings is 1. The highest BCUT2D eigenvalue weighted by molar-refractivity contribution is 5.94. The third-order valence-electron chi connectivity index (χ3n) is 4.19. The summed E-state index contributed by atoms with van der Waals surface area (Å²) < 4.78 is 7.21. The molecule has 0 saturated carbocycles. The van der Waals surface area contributed by atoms with Crippen molar-refractivity contribution in [2.75, 3.05) is 31.6 Å². The van der Waals surface area contributed by atoms with Gasteiger partial charge in [-0.2, -0.15) is 4.98 Å². The molecule has 0 spiro atoms. The number of rotatable bonds is 5. The Morgan fingerprint density at radius 2 is 2.08 bits per heavy atom. The van der Waals surface area contributed by atoms with Gasteiger partial charge in [-0.15, -0.1) is 5.10 Å². The number of amides is 1. The van der Waals surface area contributed by atoms with Crippen LogP contribution in [-0.2, 0) is 9.53 Å². The van der Waals surface area contributed by atoms with Crippen molar-refractivity contribution in [3.8, 4) is 0 Å². The lowest BCUT2D eigenvalue weighted by molar-refractivity contribution is -0.123. The molecule has 0 aromatic carbocycles. The summed E-state index contributed by atoms with van der Waals surface area (Å²) in [4.78, 5) is 23.6. The summed E-state index contributed by atoms with van der Waals surface area (Å²) in [5.41, 5.74) is 0.849. The minimum atomic E-state index is -0.441. The number of nitrogens with zero attached hydrogens (tertiary/aromatic N) is 5. The largest absolute Gasteiger partial charge is 0.379 e. The Bertz CT molecular complexity index is 709. The van der Waals surface area contributed by atoms with E-state index in [1.165, 1.54) is 0 Å². The maximum absolute atomic E-state index is 13.0. The Morgan fingerprint density at radius 1 is 1.32 bits per heavy atom. The van der Waals surface area contributed by atoms with Crippen LogP contribution >= 0.6 is 0 Å². The van der Waals surface area contributed by atoms with Crippen molar-refractivity contribution in [1.29, 1.82) is 0 Å². The smallest absolute Gasteiger partial charge is 0.249 e. The number of carbonyl (C=O) groups is 1. The van der Waals surface area contributed by atoms with Crippen LogP contribution in [0.5, 0.6) is 0 Å². The molecule has 0 radical (unpaired) electrons. The fraction of sp³-hybridized carbons (Fsp3) is 0.529. The van der Waals surface area contributed by atoms with E-state index in [0.29, 0.717) is 32.3 Å². The van der Waals surface area contributed by atoms with Crippen molar-refractivity contribution in [1.82, 2.24) is 24.6 Å². The van der Waals surface area contributed by atoms with E-state index in [4.69, 9.17) is 4.74 Å². The quantitative estimate of drug-likeness (QED) is 0.886. The fourth-order valence-corrected chi connectivity index (χ4v) is 3.02. The number of aromatic nitrogens is 4. The zero-order chi connectivity index (χ0) is 17.8. The van der Waals surface area contributed by atoms with E-state index in [1.54, 1.807) is 17.1 Å². The van der Waals surface area contributed by atoms with Gasteiger partial charge in [0.25, 0.3) is 0 Å². The molecule has 8 heteroatoms. The lowest BCUT2D eigenvalue weighted by atomic mass is 10.1. The molecule has 1 saturated heterocycles. The zero-order valence-corrected chi connectivity index (χ0v) is 14.8. The van der Waals surface area contributed by atoms with E-state index in [9.17, 15) is 4.79 Å². The topological polar surface area (TPSA) is 85.2 Å². The number of hydrogen-bond acceptors (Lipinski definition) is 6. The molecule has 1 N–H and O–H groups in total. The van der Waals surface area contributed by atoms with E-state index >= 15 is 0 Å². The van der Waals surface area contributed by atoms with Gasteiger partial charge in [0.2, 0.25) is 11.9 Å². The van der Waals surface area contributed by atoms with Crippen LogP contribution < -0.4 is 5.32 Å². The molecule has 1 unspecified atom stereocenters. The second kappa shape index (κ2) is 7.71. The molecule has 1 aliphatic rings. The number of carbonyl (C=O) groups excluding carboxylic acids is 1. The van der Waals surface area contributed by atoms with E-state index in [0.717, 1.165) is 11.4 Å². The summed E-state index contributed by atoms with van der Waals surface area (Å²) in [7, 11) is 0. The van der Waals surface area contributed by atoms with Gasteiger partial charge in [-0.05, 0) is 32.4 Å². The number of pyridine rings is 1. The summed E-state index contributed by atoms with van der Waals surface area (Å²) in [6, 6.07) is 3.50. The van der Waals surface area contributed by atoms with Gasteiger partial charge in [0.1, 0.15) is 11.9 Å². The fourth-order valence-electron chi connectivity index (χ4n) is 3.02. The van der Waals surface area contributed by atoms with Crippen molar-refractivity contribution < 1.29 is 9.53 Å². The lowest BCUT2D eigenvalue weighted by Crippen LogP contribution is -2.44. The highest BCUT2D eigenvalue weighted by atomic mass is 16.5. The molecule has 1 amide bonds. The molecule has 3 rings (SSSR count). The molecule has 1 fully saturated rings. The van der Waals surface area contributed by atoms with Crippen LogP contribution in [0.4, 0.5) is 5.95 Å². The second-order valence-electron chi connectivity index (χ2n) is 6.35. The molecule has 2 aromatic rings. The standard InChI is InChI=1S/C17H24N6O2/c1-12(2)23-13(3)19-17(21-23)20-16(24)15(14-5-4-6-18-11-14)22-7-9-25-10-8-22/h4-6,11-12,15H,7-10H2,1-3H3,(H,20,21,24). The van der Waals surface area contributed by atoms with Crippen LogP contribution in [-0.4, -0.2) is 56.9 Å². The predicted octanol–water partition coefficient (Wildman–Crippen LogP) is 1.57. The number of nitrogens with one attached hydrogen (secondary N) is 1. The van der Waals surface area contributed by atoms with Crippen LogP contribution in [0.15, 0.2) is 24.5 Å². The first-order valence-corrected chi connectivity index (χ1v) is 8.52. The van der Waals surface area contributed by atoms with Gasteiger partial charge in [0.15, 0.2) is 0 Å². The summed E-state index contributed by atoms with van der Waals surface area (Å²) in [5, 5.41) is 7.25. The van der Waals surface area contributed by atoms with Crippen LogP contribution in [0.2, 0.25) is 0 Å². The number of anilines is 1. The summed E-state index contributed by atoms with van der Waals surface area (Å²) in [5.74, 6) is 0.948. The lowest BCUT2D eigenvalue weighted by Gasteiger charge is -2.33. The zero-order valence-electron chi connectivity index (χ0n) is 14.8. The molecule has 2 aromatic heterocycles. The molecule has 0 aliphatic carbocycles. The molecule has 8 nitrogen and oxygen atoms in total. The average molecular weight is 344 g/mol. The Labute approximate surface area is 147 Å². The highest BCUT2D eigenvalue weighted by Crippen LogP contribution is 2.23. The Hall–Kier alpha value is -2.32. The van der Waals surface area contributed by atoms with E-state index in [1.807, 2.05) is 32.9 Å². The van der Waals surface area contributed by atoms with E-state index < -0.39 is 6.04 Å². The van der Waals surface area contributed by atoms with Crippen molar-refractivity contribution in [2.45, 2.75) is 32.9 Å². The Morgan fingerprint density at radius 3 is 2.68 bits per heavy atom. The first kappa shape index (κ1) is 17.5. The predicted molar refractivity (Wildman–Crippen MR) is 93.1 cm³/mol. The van der Waals surface area contributed by atoms with Crippen molar-refractivity contribution >= 4 is 11.9 Å². The first-order chi connectivity index (χ1) is 12.1. The monoisotopic (exact) mass is 344 g/mol. The SMILES string of the molecule is Cc1nc(NC(=O)C(c2cccnc2)N2CCOCC2)nn1C(C)C. The molecule has 25 heavy (non-hydrogen) atoms. The number of aryl methyl sites for hydroxylation is 1. The minimum Gasteiger partial charge on any atom is -0.379 e. The summed E-state index contributed by atoms with van der Waals surface area (Å²) in [6.07, 6.45) is 3.43. The van der Waals surface area contributed by atoms with Gasteiger partial charge in [0, 0.05) is 31.5 Å². The molecular weight excluding hydrogens is 320 g/mol. The first-order valence-electron chi connectivity index (χ1n) is 8.52. The maximum Gasteiger partial charge on any atom is 0.249 e. The van der Waals surface area contributed by atoms with Gasteiger partial charge in [-0.1, -0.05) is 6.07 Å². The normalized spacial score (nSPS) is 16.8. The number of ether oxygens (including phenoxy) is 1. The van der Waals surface area contributed by atoms with Crippen LogP contribution in [0.25, 0.3) is 0 Å². The number of hydrogen-bond donors (Lipinski definition) is 1. The minimum absolute atomic E-state index is 0.157. The summed E-state index contributed by atoms with van der Waals surface area (Å²) >= 11 is 0. The van der Waals surface area contributed by atoms with Crippen molar-refractivity contribution in [3.05, 3.63) is 35.9 Å². The van der Waals surface area contributed by atoms with Gasteiger partial charge < -0.3 is 4.74 Å². The molecule has 1 aliphatic heterocycles. The maximum atomic E-state index is 13.0. The highest BCUT2D eigenvalue weighted by Gasteiger charge is 2.30. The Balaban J connectivity index is 1.82.